The number of primary sulfonamides is 1. The molecule has 0 spiro atoms. The summed E-state index contributed by atoms with van der Waals surface area (Å²) in [5.74, 6) is -0.311. The lowest BCUT2D eigenvalue weighted by Gasteiger charge is -2.14. The minimum Gasteiger partial charge on any atom is -0.487 e. The third kappa shape index (κ3) is 7.48. The molecular weight excluding hydrogens is 540 g/mol. The van der Waals surface area contributed by atoms with Gasteiger partial charge in [0.2, 0.25) is 10.2 Å². The number of carboxylic acids is 1. The van der Waals surface area contributed by atoms with Gasteiger partial charge < -0.3 is 15.2 Å². The number of thiazole rings is 1. The number of aliphatic carboxylic acids is 1. The summed E-state index contributed by atoms with van der Waals surface area (Å²) in [5, 5.41) is 24.9. The average molecular weight is 563 g/mol. The number of carboxylic acid groups (broad SMARTS) is 1. The van der Waals surface area contributed by atoms with Gasteiger partial charge >= 0.3 is 5.97 Å². The van der Waals surface area contributed by atoms with Crippen molar-refractivity contribution in [2.45, 2.75) is 29.3 Å². The third-order valence-corrected chi connectivity index (χ3v) is 8.34. The molecule has 0 aliphatic carbocycles. The number of aromatic nitrogens is 4. The molecule has 0 fully saturated rings. The highest BCUT2D eigenvalue weighted by Crippen LogP contribution is 2.28. The number of hydrogen-bond donors (Lipinski definition) is 3. The summed E-state index contributed by atoms with van der Waals surface area (Å²) >= 11 is 2.35. The van der Waals surface area contributed by atoms with E-state index in [9.17, 15) is 23.1 Å². The summed E-state index contributed by atoms with van der Waals surface area (Å²) < 4.78 is 30.4. The van der Waals surface area contributed by atoms with Gasteiger partial charge in [-0.05, 0) is 23.8 Å². The minimum atomic E-state index is -3.89. The highest BCUT2D eigenvalue weighted by atomic mass is 32.2. The first-order valence-corrected chi connectivity index (χ1v) is 14.3. The Morgan fingerprint density at radius 2 is 2.00 bits per heavy atom. The van der Waals surface area contributed by atoms with E-state index < -0.39 is 27.9 Å². The van der Waals surface area contributed by atoms with Crippen LogP contribution in [0, 0.1) is 0 Å². The van der Waals surface area contributed by atoms with Gasteiger partial charge in [-0.15, -0.1) is 16.4 Å². The summed E-state index contributed by atoms with van der Waals surface area (Å²) in [4.78, 5) is 27.9. The molecule has 2 aromatic heterocycles. The van der Waals surface area contributed by atoms with Crippen LogP contribution in [0.25, 0.3) is 10.2 Å². The number of nitrogens with one attached hydrogen (secondary N) is 1. The van der Waals surface area contributed by atoms with Crippen molar-refractivity contribution >= 4 is 55.2 Å². The van der Waals surface area contributed by atoms with Crippen LogP contribution in [0.2, 0.25) is 0 Å². The molecule has 0 aliphatic heterocycles. The average Bonchev–Trinajstić information content (AvgIpc) is 3.49. The Balaban J connectivity index is 1.27. The minimum absolute atomic E-state index is 0.0435. The maximum atomic E-state index is 12.4. The van der Waals surface area contributed by atoms with E-state index in [0.717, 1.165) is 16.9 Å². The van der Waals surface area contributed by atoms with Gasteiger partial charge in [0.1, 0.15) is 30.6 Å². The number of thioether (sulfide) groups is 1. The van der Waals surface area contributed by atoms with E-state index in [1.807, 2.05) is 30.3 Å². The van der Waals surface area contributed by atoms with Crippen LogP contribution in [-0.4, -0.2) is 57.2 Å². The Kier molecular flexibility index (Phi) is 8.38. The fraction of sp³-hybridized carbons (Fsp3) is 0.227. The number of carbonyl (C=O) groups is 2. The lowest BCUT2D eigenvalue weighted by molar-refractivity contribution is -0.141. The molecule has 4 N–H and O–H groups in total. The highest BCUT2D eigenvalue weighted by molar-refractivity contribution is 7.98. The van der Waals surface area contributed by atoms with Crippen molar-refractivity contribution in [1.29, 1.82) is 0 Å². The van der Waals surface area contributed by atoms with Gasteiger partial charge in [0, 0.05) is 11.5 Å². The summed E-state index contributed by atoms with van der Waals surface area (Å²) in [7, 11) is -3.89. The number of sulfonamides is 1. The molecule has 2 aromatic carbocycles. The third-order valence-electron chi connectivity index (χ3n) is 4.89. The van der Waals surface area contributed by atoms with Crippen molar-refractivity contribution in [2.75, 3.05) is 5.75 Å². The van der Waals surface area contributed by atoms with Crippen molar-refractivity contribution < 1.29 is 27.9 Å². The van der Waals surface area contributed by atoms with Gasteiger partial charge in [-0.1, -0.05) is 35.5 Å². The van der Waals surface area contributed by atoms with Gasteiger partial charge in [0.25, 0.3) is 10.0 Å². The second-order valence-electron chi connectivity index (χ2n) is 7.81. The quantitative estimate of drug-likeness (QED) is 0.230. The molecule has 1 atom stereocenters. The molecule has 0 radical (unpaired) electrons. The topological polar surface area (TPSA) is 179 Å². The summed E-state index contributed by atoms with van der Waals surface area (Å²) in [6, 6.07) is 13.5. The van der Waals surface area contributed by atoms with Gasteiger partial charge in [-0.3, -0.25) is 4.79 Å². The molecule has 4 rings (SSSR count). The molecular formula is C22H22N6O6S3. The van der Waals surface area contributed by atoms with Crippen LogP contribution in [0.3, 0.4) is 0 Å². The largest absolute Gasteiger partial charge is 0.487 e. The molecule has 0 bridgehead atoms. The van der Waals surface area contributed by atoms with E-state index in [1.165, 1.54) is 22.6 Å². The Labute approximate surface area is 219 Å². The van der Waals surface area contributed by atoms with Crippen LogP contribution in [0.1, 0.15) is 11.3 Å². The van der Waals surface area contributed by atoms with E-state index in [2.05, 4.69) is 20.6 Å². The molecule has 194 valence electrons. The Morgan fingerprint density at radius 3 is 2.73 bits per heavy atom. The predicted molar refractivity (Wildman–Crippen MR) is 138 cm³/mol. The molecule has 2 heterocycles. The second-order valence-corrected chi connectivity index (χ2v) is 11.6. The number of amides is 1. The summed E-state index contributed by atoms with van der Waals surface area (Å²) in [6.07, 6.45) is 1.52. The lowest BCUT2D eigenvalue weighted by Crippen LogP contribution is -2.44. The summed E-state index contributed by atoms with van der Waals surface area (Å²) in [6.45, 7) is -0.162. The maximum absolute atomic E-state index is 12.4. The van der Waals surface area contributed by atoms with Gasteiger partial charge in [-0.25, -0.2) is 28.0 Å². The first-order chi connectivity index (χ1) is 17.7. The van der Waals surface area contributed by atoms with E-state index in [4.69, 9.17) is 9.88 Å². The van der Waals surface area contributed by atoms with Crippen LogP contribution in [0.4, 0.5) is 0 Å². The van der Waals surface area contributed by atoms with Crippen LogP contribution in [0.5, 0.6) is 5.75 Å². The number of ether oxygens (including phenoxy) is 1. The zero-order chi connectivity index (χ0) is 26.4. The maximum Gasteiger partial charge on any atom is 0.327 e. The van der Waals surface area contributed by atoms with E-state index in [0.29, 0.717) is 27.4 Å². The van der Waals surface area contributed by atoms with Crippen molar-refractivity contribution in [3.63, 3.8) is 0 Å². The molecule has 1 unspecified atom stereocenters. The first kappa shape index (κ1) is 26.5. The van der Waals surface area contributed by atoms with E-state index >= 15 is 0 Å². The van der Waals surface area contributed by atoms with Crippen molar-refractivity contribution in [3.8, 4) is 5.75 Å². The fourth-order valence-corrected chi connectivity index (χ4v) is 5.86. The smallest absolute Gasteiger partial charge is 0.327 e. The Hall–Kier alpha value is -3.53. The second kappa shape index (κ2) is 11.7. The van der Waals surface area contributed by atoms with Crippen molar-refractivity contribution in [1.82, 2.24) is 25.3 Å². The van der Waals surface area contributed by atoms with Crippen LogP contribution >= 0.6 is 23.1 Å². The first-order valence-electron chi connectivity index (χ1n) is 10.8. The number of rotatable bonds is 12. The van der Waals surface area contributed by atoms with Crippen LogP contribution in [0.15, 0.2) is 59.1 Å². The molecule has 0 aliphatic rings. The normalized spacial score (nSPS) is 12.4. The lowest BCUT2D eigenvalue weighted by atomic mass is 10.2. The van der Waals surface area contributed by atoms with Gasteiger partial charge in [-0.2, -0.15) is 11.8 Å². The number of benzene rings is 2. The zero-order valence-electron chi connectivity index (χ0n) is 19.2. The number of nitrogens with two attached hydrogens (primary N) is 1. The molecule has 12 nitrogen and oxygen atoms in total. The number of nitrogens with zero attached hydrogens (tertiary/aromatic N) is 4. The zero-order valence-corrected chi connectivity index (χ0v) is 21.6. The standard InChI is InChI=1S/C22H22N6O6S3/c23-37(32,33)22-25-17-7-6-16(8-19(17)36-22)34-11-15-9-28(27-26-15)10-20(29)24-18(21(30)31)13-35-12-14-4-2-1-3-5-14/h1-9,18H,10-13H2,(H,24,29)(H,30,31)(H2,23,32,33). The molecule has 4 aromatic rings. The Morgan fingerprint density at radius 1 is 1.22 bits per heavy atom. The molecule has 37 heavy (non-hydrogen) atoms. The Bertz CT molecular complexity index is 1510. The van der Waals surface area contributed by atoms with Gasteiger partial charge in [0.05, 0.1) is 16.4 Å². The summed E-state index contributed by atoms with van der Waals surface area (Å²) in [5.41, 5.74) is 1.99. The van der Waals surface area contributed by atoms with Crippen LogP contribution < -0.4 is 15.2 Å². The monoisotopic (exact) mass is 562 g/mol. The highest BCUT2D eigenvalue weighted by Gasteiger charge is 2.20. The molecule has 1 amide bonds. The van der Waals surface area contributed by atoms with E-state index in [1.54, 1.807) is 18.2 Å². The van der Waals surface area contributed by atoms with Gasteiger partial charge in [0.15, 0.2) is 0 Å². The molecule has 15 heteroatoms. The van der Waals surface area contributed by atoms with E-state index in [-0.39, 0.29) is 23.2 Å². The number of hydrogen-bond acceptors (Lipinski definition) is 10. The molecule has 0 saturated carbocycles. The molecule has 0 saturated heterocycles. The number of fused-ring (bicyclic) bond motifs is 1. The van der Waals surface area contributed by atoms with Crippen molar-refractivity contribution in [3.05, 3.63) is 66.0 Å². The SMILES string of the molecule is NS(=O)(=O)c1nc2ccc(OCc3cn(CC(=O)NC(CSCc4ccccc4)C(=O)O)nn3)cc2s1. The van der Waals surface area contributed by atoms with Crippen molar-refractivity contribution in [2.24, 2.45) is 5.14 Å². The number of carbonyl (C=O) groups excluding carboxylic acids is 1. The van der Waals surface area contributed by atoms with Crippen LogP contribution in [-0.2, 0) is 38.5 Å². The fourth-order valence-electron chi connectivity index (χ4n) is 3.17. The predicted octanol–water partition coefficient (Wildman–Crippen LogP) is 1.62.